The van der Waals surface area contributed by atoms with Crippen molar-refractivity contribution in [2.75, 3.05) is 7.05 Å². The predicted octanol–water partition coefficient (Wildman–Crippen LogP) is 1.20. The van der Waals surface area contributed by atoms with Crippen LogP contribution in [0.3, 0.4) is 0 Å². The van der Waals surface area contributed by atoms with E-state index in [-0.39, 0.29) is 16.5 Å². The Kier molecular flexibility index (Phi) is 6.96. The fraction of sp³-hybridized carbons (Fsp3) is 0.556. The fourth-order valence-electron chi connectivity index (χ4n) is 3.22. The summed E-state index contributed by atoms with van der Waals surface area (Å²) < 4.78 is 27.2. The number of hydrogen-bond donors (Lipinski definition) is 3. The maximum absolute atomic E-state index is 12.9. The van der Waals surface area contributed by atoms with Crippen molar-refractivity contribution in [1.29, 1.82) is 0 Å². The third-order valence-electron chi connectivity index (χ3n) is 4.90. The van der Waals surface area contributed by atoms with Gasteiger partial charge in [-0.05, 0) is 38.0 Å². The minimum Gasteiger partial charge on any atom is -0.480 e. The van der Waals surface area contributed by atoms with Crippen LogP contribution >= 0.6 is 0 Å². The average Bonchev–Trinajstić information content (AvgIpc) is 2.65. The van der Waals surface area contributed by atoms with E-state index in [2.05, 4.69) is 5.32 Å². The van der Waals surface area contributed by atoms with Gasteiger partial charge in [-0.3, -0.25) is 4.79 Å². The lowest BCUT2D eigenvalue weighted by atomic mass is 9.96. The highest BCUT2D eigenvalue weighted by atomic mass is 32.2. The van der Waals surface area contributed by atoms with Crippen LogP contribution in [0.1, 0.15) is 49.4 Å². The quantitative estimate of drug-likeness (QED) is 0.634. The van der Waals surface area contributed by atoms with Gasteiger partial charge in [0.15, 0.2) is 6.04 Å². The average molecular weight is 398 g/mol. The van der Waals surface area contributed by atoms with Crippen LogP contribution in [0, 0.1) is 0 Å². The van der Waals surface area contributed by atoms with E-state index >= 15 is 0 Å². The lowest BCUT2D eigenvalue weighted by molar-refractivity contribution is -0.141. The van der Waals surface area contributed by atoms with Crippen LogP contribution in [0.4, 0.5) is 0 Å². The van der Waals surface area contributed by atoms with Crippen molar-refractivity contribution in [1.82, 2.24) is 9.62 Å². The lowest BCUT2D eigenvalue weighted by Crippen LogP contribution is -2.47. The molecule has 27 heavy (non-hydrogen) atoms. The predicted molar refractivity (Wildman–Crippen MR) is 98.8 cm³/mol. The van der Waals surface area contributed by atoms with E-state index in [0.717, 1.165) is 32.1 Å². The number of carbonyl (C=O) groups excluding carboxylic acids is 1. The van der Waals surface area contributed by atoms with E-state index in [9.17, 15) is 23.1 Å². The molecule has 150 valence electrons. The first-order chi connectivity index (χ1) is 12.6. The van der Waals surface area contributed by atoms with Gasteiger partial charge in [0.2, 0.25) is 10.0 Å². The normalized spacial score (nSPS) is 18.1. The zero-order valence-electron chi connectivity index (χ0n) is 15.5. The van der Waals surface area contributed by atoms with Gasteiger partial charge >= 0.3 is 5.97 Å². The Hall–Kier alpha value is -1.97. The number of rotatable bonds is 7. The number of nitrogens with one attached hydrogen (secondary N) is 1. The number of sulfonamides is 1. The summed E-state index contributed by atoms with van der Waals surface area (Å²) in [5, 5.41) is 20.8. The first-order valence-corrected chi connectivity index (χ1v) is 10.4. The lowest BCUT2D eigenvalue weighted by Gasteiger charge is -2.30. The number of aliphatic hydroxyl groups is 1. The monoisotopic (exact) mass is 398 g/mol. The van der Waals surface area contributed by atoms with Crippen molar-refractivity contribution in [2.24, 2.45) is 0 Å². The first-order valence-electron chi connectivity index (χ1n) is 8.94. The number of carboxylic acids is 1. The van der Waals surface area contributed by atoms with Gasteiger partial charge < -0.3 is 15.5 Å². The molecule has 0 unspecified atom stereocenters. The molecule has 2 rings (SSSR count). The molecule has 9 heteroatoms. The van der Waals surface area contributed by atoms with Crippen molar-refractivity contribution >= 4 is 21.9 Å². The van der Waals surface area contributed by atoms with Crippen LogP contribution in [0.5, 0.6) is 0 Å². The van der Waals surface area contributed by atoms with Crippen LogP contribution in [0.15, 0.2) is 29.2 Å². The molecular weight excluding hydrogens is 372 g/mol. The van der Waals surface area contributed by atoms with E-state index < -0.39 is 34.0 Å². The minimum absolute atomic E-state index is 0.0139. The van der Waals surface area contributed by atoms with Gasteiger partial charge in [-0.25, -0.2) is 13.2 Å². The molecular formula is C18H26N2O6S. The van der Waals surface area contributed by atoms with Crippen molar-refractivity contribution in [3.8, 4) is 0 Å². The molecule has 0 radical (unpaired) electrons. The molecule has 0 spiro atoms. The maximum Gasteiger partial charge on any atom is 0.328 e. The van der Waals surface area contributed by atoms with Crippen LogP contribution < -0.4 is 5.32 Å². The molecule has 1 fully saturated rings. The summed E-state index contributed by atoms with van der Waals surface area (Å²) >= 11 is 0. The number of nitrogens with zero attached hydrogens (tertiary/aromatic N) is 1. The van der Waals surface area contributed by atoms with Gasteiger partial charge in [0, 0.05) is 18.7 Å². The Morgan fingerprint density at radius 3 is 2.41 bits per heavy atom. The van der Waals surface area contributed by atoms with Crippen LogP contribution in [0.25, 0.3) is 0 Å². The van der Waals surface area contributed by atoms with Gasteiger partial charge in [-0.2, -0.15) is 4.31 Å². The smallest absolute Gasteiger partial charge is 0.328 e. The van der Waals surface area contributed by atoms with Gasteiger partial charge in [0.25, 0.3) is 5.91 Å². The summed E-state index contributed by atoms with van der Waals surface area (Å²) in [6.07, 6.45) is 3.41. The molecule has 0 bridgehead atoms. The molecule has 2 atom stereocenters. The molecule has 1 aromatic carbocycles. The molecule has 0 aromatic heterocycles. The third-order valence-corrected chi connectivity index (χ3v) is 6.80. The molecule has 0 heterocycles. The summed E-state index contributed by atoms with van der Waals surface area (Å²) in [6, 6.07) is 3.93. The van der Waals surface area contributed by atoms with Gasteiger partial charge in [-0.15, -0.1) is 0 Å². The van der Waals surface area contributed by atoms with Crippen LogP contribution in [-0.2, 0) is 14.8 Å². The topological polar surface area (TPSA) is 124 Å². The number of benzene rings is 1. The van der Waals surface area contributed by atoms with Crippen LogP contribution in [-0.4, -0.2) is 60.0 Å². The molecule has 8 nitrogen and oxygen atoms in total. The van der Waals surface area contributed by atoms with Crippen LogP contribution in [0.2, 0.25) is 0 Å². The Morgan fingerprint density at radius 1 is 1.22 bits per heavy atom. The van der Waals surface area contributed by atoms with Crippen molar-refractivity contribution in [2.45, 2.75) is 62.1 Å². The first kappa shape index (κ1) is 21.3. The number of carbonyl (C=O) groups is 2. The number of carboxylic acid groups (broad SMARTS) is 1. The van der Waals surface area contributed by atoms with Crippen molar-refractivity contribution < 1.29 is 28.2 Å². The highest BCUT2D eigenvalue weighted by molar-refractivity contribution is 7.89. The van der Waals surface area contributed by atoms with Gasteiger partial charge in [0.05, 0.1) is 11.0 Å². The Balaban J connectivity index is 2.22. The molecule has 1 aliphatic rings. The van der Waals surface area contributed by atoms with E-state index in [4.69, 9.17) is 5.11 Å². The fourth-order valence-corrected chi connectivity index (χ4v) is 4.68. The third kappa shape index (κ3) is 5.06. The molecule has 1 amide bonds. The Labute approximate surface area is 159 Å². The largest absolute Gasteiger partial charge is 0.480 e. The highest BCUT2D eigenvalue weighted by Gasteiger charge is 2.30. The van der Waals surface area contributed by atoms with Gasteiger partial charge in [0.1, 0.15) is 0 Å². The summed E-state index contributed by atoms with van der Waals surface area (Å²) in [4.78, 5) is 23.4. The molecule has 1 saturated carbocycles. The summed E-state index contributed by atoms with van der Waals surface area (Å²) in [6.45, 7) is 1.25. The molecule has 0 aliphatic heterocycles. The number of aliphatic hydroxyl groups excluding tert-OH is 1. The zero-order valence-corrected chi connectivity index (χ0v) is 16.3. The number of hydrogen-bond acceptors (Lipinski definition) is 5. The second-order valence-corrected chi connectivity index (χ2v) is 8.87. The second kappa shape index (κ2) is 8.81. The zero-order chi connectivity index (χ0) is 20.2. The van der Waals surface area contributed by atoms with E-state index in [0.29, 0.717) is 0 Å². The maximum atomic E-state index is 12.9. The molecule has 0 saturated heterocycles. The number of amides is 1. The van der Waals surface area contributed by atoms with Crippen molar-refractivity contribution in [3.05, 3.63) is 29.8 Å². The van der Waals surface area contributed by atoms with E-state index in [1.54, 1.807) is 7.05 Å². The molecule has 1 aromatic rings. The molecule has 1 aliphatic carbocycles. The summed E-state index contributed by atoms with van der Waals surface area (Å²) in [5.74, 6) is -2.14. The molecule has 3 N–H and O–H groups in total. The Morgan fingerprint density at radius 2 is 1.85 bits per heavy atom. The van der Waals surface area contributed by atoms with Crippen molar-refractivity contribution in [3.63, 3.8) is 0 Å². The highest BCUT2D eigenvalue weighted by Crippen LogP contribution is 2.26. The van der Waals surface area contributed by atoms with Gasteiger partial charge in [-0.1, -0.05) is 25.3 Å². The Bertz CT molecular complexity index is 787. The summed E-state index contributed by atoms with van der Waals surface area (Å²) in [7, 11) is -2.22. The number of aliphatic carboxylic acids is 1. The minimum atomic E-state index is -3.77. The standard InChI is InChI=1S/C18H26N2O6S/c1-12(21)16(18(23)24)19-17(22)13-7-6-10-15(11-13)27(25,26)20(2)14-8-4-3-5-9-14/h6-7,10-12,14,16,21H,3-5,8-9H2,1-2H3,(H,19,22)(H,23,24)/t12-,16-/m0/s1. The second-order valence-electron chi connectivity index (χ2n) is 6.87. The summed E-state index contributed by atoms with van der Waals surface area (Å²) in [5.41, 5.74) is 0.0139. The van der Waals surface area contributed by atoms with E-state index in [1.807, 2.05) is 0 Å². The van der Waals surface area contributed by atoms with E-state index in [1.165, 1.54) is 35.5 Å². The SMILES string of the molecule is C[C@H](O)[C@H](NC(=O)c1cccc(S(=O)(=O)N(C)C2CCCCC2)c1)C(=O)O.